The van der Waals surface area contributed by atoms with Crippen LogP contribution in [0, 0.1) is 0 Å². The molecule has 134 valence electrons. The van der Waals surface area contributed by atoms with Gasteiger partial charge in [-0.05, 0) is 6.08 Å². The summed E-state index contributed by atoms with van der Waals surface area (Å²) in [5.41, 5.74) is 6.79. The number of fused-ring (bicyclic) bond motifs is 1. The van der Waals surface area contributed by atoms with Gasteiger partial charge in [-0.15, -0.1) is 0 Å². The minimum Gasteiger partial charge on any atom is -0.775 e. The van der Waals surface area contributed by atoms with E-state index in [-0.39, 0.29) is 17.7 Å². The second-order valence-corrected chi connectivity index (χ2v) is 7.43. The summed E-state index contributed by atoms with van der Waals surface area (Å²) >= 11 is 0. The van der Waals surface area contributed by atoms with Crippen molar-refractivity contribution in [2.24, 2.45) is 0 Å². The van der Waals surface area contributed by atoms with Gasteiger partial charge in [-0.3, -0.25) is 4.57 Å². The third-order valence-corrected chi connectivity index (χ3v) is 5.37. The third kappa shape index (κ3) is 3.13. The summed E-state index contributed by atoms with van der Waals surface area (Å²) in [5, 5.41) is 0.131. The lowest BCUT2D eigenvalue weighted by Crippen LogP contribution is -2.23. The van der Waals surface area contributed by atoms with Gasteiger partial charge in [0.25, 0.3) is 0 Å². The van der Waals surface area contributed by atoms with Gasteiger partial charge < -0.3 is 24.5 Å². The van der Waals surface area contributed by atoms with Gasteiger partial charge in [-0.2, -0.15) is 0 Å². The molecule has 0 saturated heterocycles. The molecule has 3 heterocycles. The first-order valence-electron chi connectivity index (χ1n) is 7.82. The smallest absolute Gasteiger partial charge is 0.167 e. The molecule has 0 fully saturated rings. The summed E-state index contributed by atoms with van der Waals surface area (Å²) in [6.45, 7) is -0.119. The minimum atomic E-state index is -4.14. The second-order valence-electron chi connectivity index (χ2n) is 5.66. The highest BCUT2D eigenvalue weighted by atomic mass is 31.2. The van der Waals surface area contributed by atoms with E-state index in [9.17, 15) is 9.46 Å². The fourth-order valence-electron chi connectivity index (χ4n) is 2.65. The van der Waals surface area contributed by atoms with Crippen LogP contribution in [-0.2, 0) is 13.8 Å². The van der Waals surface area contributed by atoms with Crippen LogP contribution in [0.1, 0.15) is 6.23 Å². The van der Waals surface area contributed by atoms with Crippen LogP contribution in [0.5, 0.6) is 0 Å². The van der Waals surface area contributed by atoms with Crippen molar-refractivity contribution in [1.82, 2.24) is 19.5 Å². The summed E-state index contributed by atoms with van der Waals surface area (Å²) < 4.78 is 24.8. The molecule has 4 rings (SSSR count). The van der Waals surface area contributed by atoms with Crippen LogP contribution in [-0.4, -0.2) is 32.2 Å². The Balaban J connectivity index is 1.44. The fourth-order valence-corrected chi connectivity index (χ4v) is 3.68. The van der Waals surface area contributed by atoms with E-state index in [4.69, 9.17) is 15.0 Å². The number of anilines is 1. The van der Waals surface area contributed by atoms with Crippen LogP contribution in [0.15, 0.2) is 55.1 Å². The van der Waals surface area contributed by atoms with Crippen LogP contribution < -0.4 is 15.9 Å². The summed E-state index contributed by atoms with van der Waals surface area (Å²) in [4.78, 5) is 24.4. The zero-order valence-corrected chi connectivity index (χ0v) is 14.4. The van der Waals surface area contributed by atoms with Crippen molar-refractivity contribution < 1.29 is 18.7 Å². The molecule has 1 unspecified atom stereocenters. The van der Waals surface area contributed by atoms with Crippen LogP contribution in [0.2, 0.25) is 0 Å². The molecule has 1 aliphatic heterocycles. The molecule has 3 aromatic rings. The number of hydrogen-bond donors (Lipinski definition) is 1. The van der Waals surface area contributed by atoms with E-state index >= 15 is 0 Å². The summed E-state index contributed by atoms with van der Waals surface area (Å²) in [6, 6.07) is 8.00. The van der Waals surface area contributed by atoms with E-state index in [1.807, 2.05) is 0 Å². The van der Waals surface area contributed by atoms with Gasteiger partial charge in [0.1, 0.15) is 17.9 Å². The first-order chi connectivity index (χ1) is 12.5. The molecule has 9 nitrogen and oxygen atoms in total. The molecule has 1 aliphatic rings. The molecular weight excluding hydrogens is 357 g/mol. The van der Waals surface area contributed by atoms with Gasteiger partial charge in [0.05, 0.1) is 12.9 Å². The van der Waals surface area contributed by atoms with Crippen LogP contribution in [0.3, 0.4) is 0 Å². The van der Waals surface area contributed by atoms with Gasteiger partial charge in [0.2, 0.25) is 0 Å². The standard InChI is InChI=1S/C16H16N5O4P/c17-15-14-16(19-9-18-15)21(10-20-14)13-7-6-11(25-13)8-24-26(22,23)12-4-2-1-3-5-12/h1-7,9-11,13H,8H2,(H,22,23)(H2,17,18,19)/p-1/t11-,13+/m0/s1. The number of benzene rings is 1. The number of nitrogens with zero attached hydrogens (tertiary/aromatic N) is 4. The van der Waals surface area contributed by atoms with Crippen molar-refractivity contribution in [2.75, 3.05) is 12.3 Å². The molecule has 0 radical (unpaired) electrons. The predicted octanol–water partition coefficient (Wildman–Crippen LogP) is 0.758. The van der Waals surface area contributed by atoms with E-state index in [0.29, 0.717) is 11.2 Å². The zero-order chi connectivity index (χ0) is 18.1. The Labute approximate surface area is 148 Å². The number of nitrogens with two attached hydrogens (primary N) is 1. The number of imidazole rings is 1. The van der Waals surface area contributed by atoms with Crippen molar-refractivity contribution in [2.45, 2.75) is 12.3 Å². The van der Waals surface area contributed by atoms with Crippen molar-refractivity contribution in [1.29, 1.82) is 0 Å². The normalized spacial score (nSPS) is 21.9. The first kappa shape index (κ1) is 16.9. The largest absolute Gasteiger partial charge is 0.775 e. The van der Waals surface area contributed by atoms with Crippen molar-refractivity contribution in [3.8, 4) is 0 Å². The summed E-state index contributed by atoms with van der Waals surface area (Å²) in [6.07, 6.45) is 5.44. The maximum Gasteiger partial charge on any atom is 0.167 e. The van der Waals surface area contributed by atoms with Crippen LogP contribution in [0.25, 0.3) is 11.2 Å². The Morgan fingerprint density at radius 3 is 2.85 bits per heavy atom. The first-order valence-corrected chi connectivity index (χ1v) is 9.37. The number of ether oxygens (including phenoxy) is 1. The van der Waals surface area contributed by atoms with Gasteiger partial charge in [0, 0.05) is 5.30 Å². The minimum absolute atomic E-state index is 0.119. The molecule has 2 aromatic heterocycles. The Hall–Kier alpha value is -2.58. The number of nitrogen functional groups attached to an aromatic ring is 1. The number of aromatic nitrogens is 4. The molecule has 26 heavy (non-hydrogen) atoms. The zero-order valence-electron chi connectivity index (χ0n) is 13.5. The summed E-state index contributed by atoms with van der Waals surface area (Å²) in [7, 11) is -4.14. The molecule has 0 aliphatic carbocycles. The predicted molar refractivity (Wildman–Crippen MR) is 92.4 cm³/mol. The van der Waals surface area contributed by atoms with E-state index in [1.165, 1.54) is 18.5 Å². The maximum absolute atomic E-state index is 12.2. The number of rotatable bonds is 5. The Morgan fingerprint density at radius 1 is 1.23 bits per heavy atom. The Bertz CT molecular complexity index is 1010. The van der Waals surface area contributed by atoms with Crippen molar-refractivity contribution >= 4 is 29.9 Å². The lowest BCUT2D eigenvalue weighted by Gasteiger charge is -2.25. The van der Waals surface area contributed by atoms with Crippen LogP contribution in [0.4, 0.5) is 5.82 Å². The van der Waals surface area contributed by atoms with Crippen LogP contribution >= 0.6 is 7.60 Å². The van der Waals surface area contributed by atoms with E-state index < -0.39 is 19.9 Å². The lowest BCUT2D eigenvalue weighted by atomic mass is 10.4. The highest BCUT2D eigenvalue weighted by molar-refractivity contribution is 7.59. The third-order valence-electron chi connectivity index (χ3n) is 3.95. The molecular formula is C16H15N5O4P-. The molecule has 2 N–H and O–H groups in total. The highest BCUT2D eigenvalue weighted by Crippen LogP contribution is 2.36. The van der Waals surface area contributed by atoms with Crippen molar-refractivity contribution in [3.05, 3.63) is 55.1 Å². The fraction of sp³-hybridized carbons (Fsp3) is 0.188. The van der Waals surface area contributed by atoms with Crippen molar-refractivity contribution in [3.63, 3.8) is 0 Å². The van der Waals surface area contributed by atoms with E-state index in [1.54, 1.807) is 41.2 Å². The molecule has 0 spiro atoms. The maximum atomic E-state index is 12.2. The van der Waals surface area contributed by atoms with Gasteiger partial charge in [-0.25, -0.2) is 15.0 Å². The average Bonchev–Trinajstić information content (AvgIpc) is 3.28. The highest BCUT2D eigenvalue weighted by Gasteiger charge is 2.24. The average molecular weight is 372 g/mol. The Kier molecular flexibility index (Phi) is 4.29. The molecule has 1 aromatic carbocycles. The second kappa shape index (κ2) is 6.62. The monoisotopic (exact) mass is 372 g/mol. The molecule has 0 saturated carbocycles. The molecule has 10 heteroatoms. The topological polar surface area (TPSA) is 128 Å². The number of hydrogen-bond acceptors (Lipinski definition) is 8. The summed E-state index contributed by atoms with van der Waals surface area (Å²) in [5.74, 6) is 0.283. The molecule has 0 bridgehead atoms. The lowest BCUT2D eigenvalue weighted by molar-refractivity contribution is -0.196. The molecule has 3 atom stereocenters. The SMILES string of the molecule is Nc1ncnc2c1ncn2[C@H]1C=C[C@@H](COP(=O)([O-])c2ccccc2)O1. The van der Waals surface area contributed by atoms with Gasteiger partial charge in [-0.1, -0.05) is 36.4 Å². The van der Waals surface area contributed by atoms with E-state index in [2.05, 4.69) is 15.0 Å². The van der Waals surface area contributed by atoms with E-state index in [0.717, 1.165) is 0 Å². The van der Waals surface area contributed by atoms with Gasteiger partial charge >= 0.3 is 0 Å². The van der Waals surface area contributed by atoms with Gasteiger partial charge in [0.15, 0.2) is 25.3 Å². The quantitative estimate of drug-likeness (QED) is 0.513. The Morgan fingerprint density at radius 2 is 2.04 bits per heavy atom. The molecule has 0 amide bonds.